The molecule has 1 fully saturated rings. The zero-order valence-electron chi connectivity index (χ0n) is 10.4. The Morgan fingerprint density at radius 3 is 2.71 bits per heavy atom. The van der Waals surface area contributed by atoms with Crippen LogP contribution >= 0.6 is 27.7 Å². The van der Waals surface area contributed by atoms with Crippen LogP contribution in [0.5, 0.6) is 0 Å². The van der Waals surface area contributed by atoms with E-state index in [9.17, 15) is 0 Å². The van der Waals surface area contributed by atoms with E-state index in [0.29, 0.717) is 6.04 Å². The molecule has 2 nitrogen and oxygen atoms in total. The van der Waals surface area contributed by atoms with E-state index in [4.69, 9.17) is 0 Å². The normalized spacial score (nSPS) is 24.6. The minimum absolute atomic E-state index is 0.587. The van der Waals surface area contributed by atoms with Gasteiger partial charge in [-0.05, 0) is 66.4 Å². The van der Waals surface area contributed by atoms with E-state index < -0.39 is 0 Å². The van der Waals surface area contributed by atoms with Gasteiger partial charge in [0, 0.05) is 17.5 Å². The van der Waals surface area contributed by atoms with Gasteiger partial charge in [0.2, 0.25) is 0 Å². The Labute approximate surface area is 116 Å². The van der Waals surface area contributed by atoms with E-state index >= 15 is 0 Å². The molecule has 0 spiro atoms. The molecule has 1 N–H and O–H groups in total. The third kappa shape index (κ3) is 3.38. The van der Waals surface area contributed by atoms with E-state index in [1.807, 2.05) is 24.0 Å². The largest absolute Gasteiger partial charge is 0.366 e. The maximum Gasteiger partial charge on any atom is 0.140 e. The number of thioether (sulfide) groups is 1. The molecule has 94 valence electrons. The second-order valence-corrected chi connectivity index (χ2v) is 6.58. The van der Waals surface area contributed by atoms with Crippen molar-refractivity contribution in [1.29, 1.82) is 0 Å². The summed E-state index contributed by atoms with van der Waals surface area (Å²) in [5.41, 5.74) is 1.24. The zero-order chi connectivity index (χ0) is 12.3. The lowest BCUT2D eigenvalue weighted by Crippen LogP contribution is -2.27. The van der Waals surface area contributed by atoms with Gasteiger partial charge in [0.15, 0.2) is 0 Å². The topological polar surface area (TPSA) is 24.9 Å². The van der Waals surface area contributed by atoms with Crippen molar-refractivity contribution < 1.29 is 0 Å². The highest BCUT2D eigenvalue weighted by atomic mass is 79.9. The predicted molar refractivity (Wildman–Crippen MR) is 79.9 cm³/mol. The highest BCUT2D eigenvalue weighted by Gasteiger charge is 2.21. The number of aromatic nitrogens is 1. The zero-order valence-corrected chi connectivity index (χ0v) is 12.8. The van der Waals surface area contributed by atoms with Crippen molar-refractivity contribution >= 4 is 33.5 Å². The molecule has 0 bridgehead atoms. The summed E-state index contributed by atoms with van der Waals surface area (Å²) < 4.78 is 1.10. The summed E-state index contributed by atoms with van der Waals surface area (Å²) in [4.78, 5) is 4.41. The fourth-order valence-corrected chi connectivity index (χ4v) is 3.37. The van der Waals surface area contributed by atoms with Crippen molar-refractivity contribution in [2.75, 3.05) is 11.6 Å². The van der Waals surface area contributed by atoms with Crippen molar-refractivity contribution in [3.8, 4) is 0 Å². The van der Waals surface area contributed by atoms with E-state index in [1.54, 1.807) is 0 Å². The van der Waals surface area contributed by atoms with Gasteiger partial charge in [0.1, 0.15) is 5.82 Å². The Bertz CT molecular complexity index is 376. The van der Waals surface area contributed by atoms with Crippen LogP contribution in [0.1, 0.15) is 31.2 Å². The van der Waals surface area contributed by atoms with Crippen LogP contribution in [-0.4, -0.2) is 22.5 Å². The summed E-state index contributed by atoms with van der Waals surface area (Å²) in [5.74, 6) is 0.998. The Morgan fingerprint density at radius 1 is 1.35 bits per heavy atom. The smallest absolute Gasteiger partial charge is 0.140 e. The molecule has 1 heterocycles. The second kappa shape index (κ2) is 6.10. The summed E-state index contributed by atoms with van der Waals surface area (Å²) in [5, 5.41) is 4.43. The third-order valence-corrected chi connectivity index (χ3v) is 5.57. The van der Waals surface area contributed by atoms with Gasteiger partial charge in [-0.3, -0.25) is 0 Å². The Morgan fingerprint density at radius 2 is 2.06 bits per heavy atom. The monoisotopic (exact) mass is 314 g/mol. The summed E-state index contributed by atoms with van der Waals surface area (Å²) in [6.07, 6.45) is 9.25. The number of hydrogen-bond acceptors (Lipinski definition) is 3. The quantitative estimate of drug-likeness (QED) is 0.903. The third-order valence-electron chi connectivity index (χ3n) is 3.43. The van der Waals surface area contributed by atoms with Crippen LogP contribution in [0.4, 0.5) is 5.82 Å². The molecule has 1 aromatic heterocycles. The Kier molecular flexibility index (Phi) is 4.74. The maximum absolute atomic E-state index is 4.41. The van der Waals surface area contributed by atoms with E-state index in [2.05, 4.69) is 39.4 Å². The summed E-state index contributed by atoms with van der Waals surface area (Å²) in [6, 6.07) is 2.61. The maximum atomic E-state index is 4.41. The average molecular weight is 315 g/mol. The number of pyridine rings is 1. The Balaban J connectivity index is 1.95. The molecule has 0 unspecified atom stereocenters. The lowest BCUT2D eigenvalue weighted by molar-refractivity contribution is 0.472. The van der Waals surface area contributed by atoms with Crippen LogP contribution in [0.2, 0.25) is 0 Å². The van der Waals surface area contributed by atoms with Gasteiger partial charge in [0.25, 0.3) is 0 Å². The molecule has 0 aliphatic heterocycles. The summed E-state index contributed by atoms with van der Waals surface area (Å²) in [7, 11) is 0. The van der Waals surface area contributed by atoms with Crippen LogP contribution in [0.25, 0.3) is 0 Å². The predicted octanol–water partition coefficient (Wildman–Crippen LogP) is 4.24. The van der Waals surface area contributed by atoms with Gasteiger partial charge in [-0.25, -0.2) is 4.98 Å². The number of hydrogen-bond donors (Lipinski definition) is 1. The highest BCUT2D eigenvalue weighted by Crippen LogP contribution is 2.30. The first-order valence-corrected chi connectivity index (χ1v) is 8.19. The molecule has 4 heteroatoms. The number of halogens is 1. The summed E-state index contributed by atoms with van der Waals surface area (Å²) >= 11 is 5.61. The highest BCUT2D eigenvalue weighted by molar-refractivity contribution is 9.10. The minimum Gasteiger partial charge on any atom is -0.366 e. The molecule has 2 rings (SSSR count). The van der Waals surface area contributed by atoms with Gasteiger partial charge in [0.05, 0.1) is 4.47 Å². The standard InChI is InChI=1S/C13H19BrN2S/c1-9-7-8-15-13(12(9)14)16-10-3-5-11(17-2)6-4-10/h7-8,10-11H,3-6H2,1-2H3,(H,15,16). The first-order valence-electron chi connectivity index (χ1n) is 6.11. The molecule has 1 aromatic rings. The van der Waals surface area contributed by atoms with E-state index in [-0.39, 0.29) is 0 Å². The SMILES string of the molecule is CSC1CCC(Nc2nccc(C)c2Br)CC1. The van der Waals surface area contributed by atoms with Crippen LogP contribution < -0.4 is 5.32 Å². The molecule has 0 atom stereocenters. The van der Waals surface area contributed by atoms with Crippen molar-refractivity contribution in [2.24, 2.45) is 0 Å². The minimum atomic E-state index is 0.587. The number of anilines is 1. The molecule has 1 aliphatic carbocycles. The van der Waals surface area contributed by atoms with Gasteiger partial charge in [-0.1, -0.05) is 0 Å². The number of rotatable bonds is 3. The van der Waals surface area contributed by atoms with E-state index in [0.717, 1.165) is 15.5 Å². The van der Waals surface area contributed by atoms with Crippen molar-refractivity contribution in [3.05, 3.63) is 22.3 Å². The Hall–Kier alpha value is -0.220. The fourth-order valence-electron chi connectivity index (χ4n) is 2.28. The molecule has 0 saturated heterocycles. The molecule has 0 amide bonds. The van der Waals surface area contributed by atoms with Gasteiger partial charge in [-0.15, -0.1) is 0 Å². The lowest BCUT2D eigenvalue weighted by Gasteiger charge is -2.28. The van der Waals surface area contributed by atoms with Crippen molar-refractivity contribution in [3.63, 3.8) is 0 Å². The van der Waals surface area contributed by atoms with Gasteiger partial charge >= 0.3 is 0 Å². The number of nitrogens with one attached hydrogen (secondary N) is 1. The molecule has 1 saturated carbocycles. The van der Waals surface area contributed by atoms with Crippen LogP contribution in [0.3, 0.4) is 0 Å². The van der Waals surface area contributed by atoms with Crippen LogP contribution in [0, 0.1) is 6.92 Å². The first kappa shape index (κ1) is 13.2. The van der Waals surface area contributed by atoms with Gasteiger partial charge in [-0.2, -0.15) is 11.8 Å². The summed E-state index contributed by atoms with van der Waals surface area (Å²) in [6.45, 7) is 2.10. The number of aryl methyl sites for hydroxylation is 1. The molecule has 1 aliphatic rings. The first-order chi connectivity index (χ1) is 8.20. The molecule has 17 heavy (non-hydrogen) atoms. The average Bonchev–Trinajstić information content (AvgIpc) is 2.36. The second-order valence-electron chi connectivity index (χ2n) is 4.64. The van der Waals surface area contributed by atoms with Crippen molar-refractivity contribution in [1.82, 2.24) is 4.98 Å². The fraction of sp³-hybridized carbons (Fsp3) is 0.615. The van der Waals surface area contributed by atoms with E-state index in [1.165, 1.54) is 31.2 Å². The molecular weight excluding hydrogens is 296 g/mol. The molecule has 0 radical (unpaired) electrons. The molecular formula is C13H19BrN2S. The van der Waals surface area contributed by atoms with Crippen LogP contribution in [-0.2, 0) is 0 Å². The lowest BCUT2D eigenvalue weighted by atomic mass is 9.95. The van der Waals surface area contributed by atoms with Crippen LogP contribution in [0.15, 0.2) is 16.7 Å². The van der Waals surface area contributed by atoms with Gasteiger partial charge < -0.3 is 5.32 Å². The number of nitrogens with zero attached hydrogens (tertiary/aromatic N) is 1. The van der Waals surface area contributed by atoms with Crippen molar-refractivity contribution in [2.45, 2.75) is 43.9 Å². The molecule has 0 aromatic carbocycles.